The molecule has 0 bridgehead atoms. The maximum Gasteiger partial charge on any atom is 0.260 e. The summed E-state index contributed by atoms with van der Waals surface area (Å²) in [6.07, 6.45) is 0. The third-order valence-electron chi connectivity index (χ3n) is 27.4. The molecule has 0 saturated heterocycles. The molecule has 4 aliphatic rings. The minimum Gasteiger partial charge on any atom is -0.458 e. The van der Waals surface area contributed by atoms with Gasteiger partial charge in [0.1, 0.15) is 46.0 Å². The minimum absolute atomic E-state index is 0.155. The summed E-state index contributed by atoms with van der Waals surface area (Å²) in [6, 6.07) is 157. The summed E-state index contributed by atoms with van der Waals surface area (Å²) < 4.78 is 41.0. The highest BCUT2D eigenvalue weighted by Crippen LogP contribution is 2.51. The van der Waals surface area contributed by atoms with Crippen LogP contribution in [0.1, 0.15) is 0 Å². The molecule has 25 aromatic rings. The SMILES string of the molecule is c1ccc(-n2c3ccccc3c3cc4c(cc32)Oc2cc3c(c5c2B4c2cc4c6ccccc6n(-c6ccccc6)c4cc2O5)c2ccccc2n3-c2ccccc2)cc1.c1ccc(N(c2ccccc2)c2ccc3c4cc5c(cc4n(-c4ccccc4)c3c2)Oc2cc(-c3ccc4ccccc4c3)cc3c2B5c2cc4c5ccccc5n(-c5ccccc5)c4cc2O3)cc1. The summed E-state index contributed by atoms with van der Waals surface area (Å²) in [7, 11) is 0. The van der Waals surface area contributed by atoms with E-state index in [-0.39, 0.29) is 13.4 Å². The number of nitrogens with zero attached hydrogens (tertiary/aromatic N) is 6. The molecular weight excluding hydrogens is 1590 g/mol. The van der Waals surface area contributed by atoms with E-state index in [1.54, 1.807) is 0 Å². The highest BCUT2D eigenvalue weighted by Gasteiger charge is 2.45. The van der Waals surface area contributed by atoms with Crippen LogP contribution in [0, 0.1) is 0 Å². The minimum atomic E-state index is -0.170. The van der Waals surface area contributed by atoms with Crippen molar-refractivity contribution in [3.8, 4) is 85.6 Å². The maximum atomic E-state index is 7.41. The molecule has 0 aliphatic carbocycles. The molecule has 4 aliphatic heterocycles. The Morgan fingerprint density at radius 3 is 0.931 bits per heavy atom. The fourth-order valence-electron chi connectivity index (χ4n) is 21.9. The number of rotatable bonds is 9. The van der Waals surface area contributed by atoms with Crippen molar-refractivity contribution in [2.75, 3.05) is 4.90 Å². The third kappa shape index (κ3) is 10.8. The molecule has 29 rings (SSSR count). The molecule has 5 aromatic heterocycles. The first-order valence-electron chi connectivity index (χ1n) is 44.5. The lowest BCUT2D eigenvalue weighted by Gasteiger charge is -2.34. The zero-order valence-electron chi connectivity index (χ0n) is 70.0. The van der Waals surface area contributed by atoms with E-state index in [0.717, 1.165) is 212 Å². The molecule has 0 fully saturated rings. The number of anilines is 3. The molecule has 604 valence electrons. The lowest BCUT2D eigenvalue weighted by atomic mass is 9.34. The van der Waals surface area contributed by atoms with Crippen molar-refractivity contribution in [1.29, 1.82) is 0 Å². The van der Waals surface area contributed by atoms with Crippen LogP contribution in [0.3, 0.4) is 0 Å². The average Bonchev–Trinajstić information content (AvgIpc) is 1.44. The van der Waals surface area contributed by atoms with Crippen LogP contribution in [0.2, 0.25) is 0 Å². The summed E-state index contributed by atoms with van der Waals surface area (Å²) >= 11 is 0. The molecule has 0 unspecified atom stereocenters. The van der Waals surface area contributed by atoms with Crippen LogP contribution in [-0.2, 0) is 0 Å². The van der Waals surface area contributed by atoms with Crippen LogP contribution in [0.5, 0.6) is 46.0 Å². The van der Waals surface area contributed by atoms with E-state index >= 15 is 0 Å². The van der Waals surface area contributed by atoms with Gasteiger partial charge in [0.25, 0.3) is 13.4 Å². The first-order chi connectivity index (χ1) is 64.5. The van der Waals surface area contributed by atoms with E-state index in [4.69, 9.17) is 18.9 Å². The molecule has 9 heterocycles. The van der Waals surface area contributed by atoms with Crippen molar-refractivity contribution in [3.63, 3.8) is 0 Å². The highest BCUT2D eigenvalue weighted by atomic mass is 16.5. The lowest BCUT2D eigenvalue weighted by Crippen LogP contribution is -2.57. The zero-order chi connectivity index (χ0) is 84.9. The van der Waals surface area contributed by atoms with Crippen LogP contribution < -0.4 is 56.6 Å². The van der Waals surface area contributed by atoms with E-state index in [1.165, 1.54) is 43.1 Å². The van der Waals surface area contributed by atoms with Crippen molar-refractivity contribution in [3.05, 3.63) is 437 Å². The number of aromatic nitrogens is 5. The fourth-order valence-corrected chi connectivity index (χ4v) is 21.9. The number of benzene rings is 20. The molecule has 0 spiro atoms. The Kier molecular flexibility index (Phi) is 15.6. The number of hydrogen-bond acceptors (Lipinski definition) is 5. The van der Waals surface area contributed by atoms with Gasteiger partial charge in [-0.25, -0.2) is 0 Å². The summed E-state index contributed by atoms with van der Waals surface area (Å²) in [5.74, 6) is 6.67. The van der Waals surface area contributed by atoms with Crippen molar-refractivity contribution >= 4 is 183 Å². The molecule has 130 heavy (non-hydrogen) atoms. The molecule has 0 N–H and O–H groups in total. The van der Waals surface area contributed by atoms with E-state index in [9.17, 15) is 0 Å². The van der Waals surface area contributed by atoms with Gasteiger partial charge in [-0.05, 0) is 183 Å². The number of ether oxygens (including phenoxy) is 4. The van der Waals surface area contributed by atoms with Crippen molar-refractivity contribution in [2.24, 2.45) is 0 Å². The number of hydrogen-bond donors (Lipinski definition) is 0. The second kappa shape index (κ2) is 28.1. The largest absolute Gasteiger partial charge is 0.458 e. The Hall–Kier alpha value is -17.2. The second-order valence-corrected chi connectivity index (χ2v) is 34.5. The molecular formula is C118H72B2N6O4. The van der Waals surface area contributed by atoms with Crippen LogP contribution in [0.4, 0.5) is 17.1 Å². The van der Waals surface area contributed by atoms with Gasteiger partial charge in [-0.2, -0.15) is 0 Å². The smallest absolute Gasteiger partial charge is 0.260 e. The van der Waals surface area contributed by atoms with Crippen molar-refractivity contribution in [2.45, 2.75) is 0 Å². The van der Waals surface area contributed by atoms with Gasteiger partial charge in [0.2, 0.25) is 0 Å². The van der Waals surface area contributed by atoms with Crippen LogP contribution >= 0.6 is 0 Å². The molecule has 0 amide bonds. The Bertz CT molecular complexity index is 9000. The Labute approximate surface area is 747 Å². The summed E-state index contributed by atoms with van der Waals surface area (Å²) in [5.41, 5.74) is 28.7. The van der Waals surface area contributed by atoms with E-state index < -0.39 is 0 Å². The number of fused-ring (bicyclic) bond motifs is 25. The van der Waals surface area contributed by atoms with Gasteiger partial charge in [0, 0.05) is 135 Å². The van der Waals surface area contributed by atoms with Gasteiger partial charge in [-0.1, -0.05) is 267 Å². The average molecular weight is 1660 g/mol. The van der Waals surface area contributed by atoms with Gasteiger partial charge in [0.05, 0.1) is 60.6 Å². The van der Waals surface area contributed by atoms with Crippen LogP contribution in [0.15, 0.2) is 437 Å². The predicted octanol–water partition coefficient (Wildman–Crippen LogP) is 26.6. The molecule has 0 saturated carbocycles. The summed E-state index contributed by atoms with van der Waals surface area (Å²) in [4.78, 5) is 2.33. The normalized spacial score (nSPS) is 12.7. The number of para-hydroxylation sites is 11. The van der Waals surface area contributed by atoms with Crippen LogP contribution in [0.25, 0.3) is 159 Å². The van der Waals surface area contributed by atoms with Gasteiger partial charge < -0.3 is 46.7 Å². The highest BCUT2D eigenvalue weighted by molar-refractivity contribution is 6.99. The van der Waals surface area contributed by atoms with Gasteiger partial charge >= 0.3 is 0 Å². The van der Waals surface area contributed by atoms with Gasteiger partial charge in [-0.15, -0.1) is 0 Å². The summed E-state index contributed by atoms with van der Waals surface area (Å²) in [6.45, 7) is -0.325. The van der Waals surface area contributed by atoms with E-state index in [1.807, 2.05) is 0 Å². The van der Waals surface area contributed by atoms with Crippen LogP contribution in [-0.4, -0.2) is 36.3 Å². The van der Waals surface area contributed by atoms with Crippen molar-refractivity contribution < 1.29 is 18.9 Å². The zero-order valence-corrected chi connectivity index (χ0v) is 70.0. The molecule has 10 nitrogen and oxygen atoms in total. The lowest BCUT2D eigenvalue weighted by molar-refractivity contribution is 0.465. The predicted molar refractivity (Wildman–Crippen MR) is 538 cm³/mol. The monoisotopic (exact) mass is 1660 g/mol. The first kappa shape index (κ1) is 72.1. The Balaban J connectivity index is 0.000000132. The Morgan fingerprint density at radius 1 is 0.185 bits per heavy atom. The summed E-state index contributed by atoms with van der Waals surface area (Å²) in [5, 5.41) is 14.1. The second-order valence-electron chi connectivity index (χ2n) is 34.5. The third-order valence-corrected chi connectivity index (χ3v) is 27.4. The standard InChI is InChI=1S/C64H40BN3O2.C54H32BN3O2/c1-5-19-45(20-6-1)66(46-21-7-2-8-22-46)49-31-32-51-53-38-55-61(40-59(53)68(57(51)36-49)48-25-11-4-12-26-48)70-63-35-44(43-30-29-41-17-13-14-18-42(41)33-43)34-62-64(63)65(55)54-37-52-50-27-15-16-28-56(50)67(47-23-9-3-10-24-47)58(52)39-60(54)69-62;1-4-16-33(17-5-1)56-43-25-13-10-22-36(43)39-28-41-49(30-46(39)56)59-51-32-48-52(38-24-12-15-27-45(38)58(48)35-20-8-3-9-21-35)54-53(51)55(41)42-29-40-37-23-11-14-26-44(37)57(34-18-6-2-7-19-34)47(40)31-50(42)60-54/h1-40H;1-32H. The van der Waals surface area contributed by atoms with Gasteiger partial charge in [-0.3, -0.25) is 0 Å². The molecule has 0 atom stereocenters. The van der Waals surface area contributed by atoms with E-state index in [0.29, 0.717) is 0 Å². The quantitative estimate of drug-likeness (QED) is 0.135. The maximum absolute atomic E-state index is 7.41. The van der Waals surface area contributed by atoms with E-state index in [2.05, 4.69) is 465 Å². The fraction of sp³-hybridized carbons (Fsp3) is 0. The molecule has 20 aromatic carbocycles. The molecule has 12 heteroatoms. The topological polar surface area (TPSA) is 64.8 Å². The Morgan fingerprint density at radius 2 is 0.500 bits per heavy atom. The van der Waals surface area contributed by atoms with Crippen molar-refractivity contribution in [1.82, 2.24) is 22.8 Å². The first-order valence-corrected chi connectivity index (χ1v) is 44.5. The molecule has 0 radical (unpaired) electrons. The van der Waals surface area contributed by atoms with Gasteiger partial charge in [0.15, 0.2) is 0 Å².